The smallest absolute Gasteiger partial charge is 0.223 e. The lowest BCUT2D eigenvalue weighted by molar-refractivity contribution is -0.207. The zero-order valence-electron chi connectivity index (χ0n) is 23.3. The fraction of sp³-hybridized carbons (Fsp3) is 0.774. The summed E-state index contributed by atoms with van der Waals surface area (Å²) in [5.41, 5.74) is 0.633. The molecule has 0 aliphatic heterocycles. The van der Waals surface area contributed by atoms with Crippen LogP contribution in [0.25, 0.3) is 0 Å². The highest BCUT2D eigenvalue weighted by atomic mass is 16.7. The first-order valence-corrected chi connectivity index (χ1v) is 14.3. The normalized spacial score (nSPS) is 30.4. The highest BCUT2D eigenvalue weighted by molar-refractivity contribution is 5.98. The Morgan fingerprint density at radius 3 is 1.74 bits per heavy atom. The van der Waals surface area contributed by atoms with Gasteiger partial charge in [0.15, 0.2) is 0 Å². The van der Waals surface area contributed by atoms with Crippen molar-refractivity contribution in [2.45, 2.75) is 112 Å². The highest BCUT2D eigenvalue weighted by Crippen LogP contribution is 2.39. The summed E-state index contributed by atoms with van der Waals surface area (Å²) >= 11 is 0. The minimum absolute atomic E-state index is 0.0541. The third-order valence-electron chi connectivity index (χ3n) is 8.35. The van der Waals surface area contributed by atoms with Gasteiger partial charge in [-0.1, -0.05) is 61.3 Å². The second-order valence-corrected chi connectivity index (χ2v) is 12.1. The first kappa shape index (κ1) is 28.2. The highest BCUT2D eigenvalue weighted by Gasteiger charge is 2.39. The van der Waals surface area contributed by atoms with Gasteiger partial charge in [-0.3, -0.25) is 4.79 Å². The summed E-state index contributed by atoms with van der Waals surface area (Å²) in [5, 5.41) is 0. The van der Waals surface area contributed by atoms with Crippen molar-refractivity contribution in [3.8, 4) is 5.75 Å². The number of benzene rings is 1. The van der Waals surface area contributed by atoms with Crippen molar-refractivity contribution in [3.05, 3.63) is 29.8 Å². The van der Waals surface area contributed by atoms with Crippen molar-refractivity contribution in [1.82, 2.24) is 0 Å². The van der Waals surface area contributed by atoms with Gasteiger partial charge in [0.2, 0.25) is 12.1 Å². The van der Waals surface area contributed by atoms with Crippen LogP contribution >= 0.6 is 0 Å². The predicted octanol–water partition coefficient (Wildman–Crippen LogP) is 7.94. The molecule has 2 fully saturated rings. The topological polar surface area (TPSA) is 44.8 Å². The quantitative estimate of drug-likeness (QED) is 0.235. The molecule has 4 nitrogen and oxygen atoms in total. The van der Waals surface area contributed by atoms with E-state index in [-0.39, 0.29) is 18.0 Å². The van der Waals surface area contributed by atoms with Crippen LogP contribution in [-0.2, 0) is 9.47 Å². The lowest BCUT2D eigenvalue weighted by Crippen LogP contribution is -2.44. The van der Waals surface area contributed by atoms with Gasteiger partial charge in [0.25, 0.3) is 0 Å². The Hall–Kier alpha value is -1.39. The molecule has 2 saturated carbocycles. The molecule has 0 amide bonds. The molecule has 2 aliphatic carbocycles. The van der Waals surface area contributed by atoms with E-state index >= 15 is 0 Å². The van der Waals surface area contributed by atoms with Crippen LogP contribution in [0.2, 0.25) is 0 Å². The van der Waals surface area contributed by atoms with Gasteiger partial charge >= 0.3 is 0 Å². The van der Waals surface area contributed by atoms with Crippen molar-refractivity contribution >= 4 is 5.78 Å². The van der Waals surface area contributed by atoms with Gasteiger partial charge in [0.05, 0.1) is 18.8 Å². The molecule has 1 aromatic carbocycles. The van der Waals surface area contributed by atoms with E-state index in [1.807, 2.05) is 24.3 Å². The van der Waals surface area contributed by atoms with E-state index in [0.717, 1.165) is 37.9 Å². The SMILES string of the molecule is CCCOc1ccc(C(=O)C(OC2C[C@@H](C)CC[C@@H]2C(C)C)OC2C[C@@H](C)CC[C@@H]2C(C)C)cc1. The standard InChI is InChI=1S/C31H50O4/c1-8-17-33-25-13-11-24(12-14-25)30(32)31(34-28-18-22(6)9-15-26(28)20(2)3)35-29-19-23(7)10-16-27(29)21(4)5/h11-14,20-23,26-29,31H,8-10,15-19H2,1-7H3/t22-,23-,26+,27+,28?,29?,31?/m0/s1. The van der Waals surface area contributed by atoms with E-state index in [4.69, 9.17) is 14.2 Å². The predicted molar refractivity (Wildman–Crippen MR) is 143 cm³/mol. The number of hydrogen-bond acceptors (Lipinski definition) is 4. The largest absolute Gasteiger partial charge is 0.494 e. The number of ether oxygens (including phenoxy) is 3. The summed E-state index contributed by atoms with van der Waals surface area (Å²) in [6.07, 6.45) is 6.98. The van der Waals surface area contributed by atoms with E-state index in [0.29, 0.717) is 47.7 Å². The summed E-state index contributed by atoms with van der Waals surface area (Å²) in [7, 11) is 0. The Morgan fingerprint density at radius 1 is 0.829 bits per heavy atom. The molecule has 6 atom stereocenters. The fourth-order valence-electron chi connectivity index (χ4n) is 6.09. The van der Waals surface area contributed by atoms with Gasteiger partial charge in [-0.2, -0.15) is 0 Å². The Bertz CT molecular complexity index is 737. The van der Waals surface area contributed by atoms with Crippen LogP contribution < -0.4 is 4.74 Å². The number of hydrogen-bond donors (Lipinski definition) is 0. The third kappa shape index (κ3) is 7.79. The molecule has 198 valence electrons. The minimum Gasteiger partial charge on any atom is -0.494 e. The monoisotopic (exact) mass is 486 g/mol. The molecular formula is C31H50O4. The van der Waals surface area contributed by atoms with Crippen molar-refractivity contribution in [2.24, 2.45) is 35.5 Å². The van der Waals surface area contributed by atoms with E-state index in [1.54, 1.807) is 0 Å². The zero-order chi connectivity index (χ0) is 25.5. The summed E-state index contributed by atoms with van der Waals surface area (Å²) in [4.78, 5) is 13.8. The van der Waals surface area contributed by atoms with Crippen LogP contribution in [0, 0.1) is 35.5 Å². The van der Waals surface area contributed by atoms with Crippen LogP contribution in [-0.4, -0.2) is 30.9 Å². The van der Waals surface area contributed by atoms with Crippen LogP contribution in [0.15, 0.2) is 24.3 Å². The number of rotatable bonds is 11. The molecule has 0 bridgehead atoms. The fourth-order valence-corrected chi connectivity index (χ4v) is 6.09. The molecular weight excluding hydrogens is 436 g/mol. The molecule has 0 aromatic heterocycles. The van der Waals surface area contributed by atoms with Gasteiger partial charge in [-0.05, 0) is 91.9 Å². The van der Waals surface area contributed by atoms with Gasteiger partial charge in [-0.25, -0.2) is 0 Å². The van der Waals surface area contributed by atoms with Gasteiger partial charge in [0.1, 0.15) is 5.75 Å². The van der Waals surface area contributed by atoms with Gasteiger partial charge in [-0.15, -0.1) is 0 Å². The maximum Gasteiger partial charge on any atom is 0.223 e. The molecule has 0 spiro atoms. The molecule has 2 unspecified atom stereocenters. The zero-order valence-corrected chi connectivity index (χ0v) is 23.3. The molecule has 2 aliphatic rings. The van der Waals surface area contributed by atoms with E-state index in [2.05, 4.69) is 48.5 Å². The van der Waals surface area contributed by atoms with Crippen molar-refractivity contribution in [2.75, 3.05) is 6.61 Å². The number of carbonyl (C=O) groups excluding carboxylic acids is 1. The van der Waals surface area contributed by atoms with Crippen LogP contribution in [0.1, 0.15) is 104 Å². The molecule has 0 saturated heterocycles. The number of Topliss-reactive ketones (excluding diaryl/α,β-unsaturated/α-hetero) is 1. The summed E-state index contributed by atoms with van der Waals surface area (Å²) < 4.78 is 19.1. The first-order chi connectivity index (χ1) is 16.7. The Morgan fingerprint density at radius 2 is 1.31 bits per heavy atom. The van der Waals surface area contributed by atoms with Gasteiger partial charge < -0.3 is 14.2 Å². The lowest BCUT2D eigenvalue weighted by atomic mass is 9.75. The van der Waals surface area contributed by atoms with Crippen molar-refractivity contribution in [1.29, 1.82) is 0 Å². The molecule has 0 radical (unpaired) electrons. The average molecular weight is 487 g/mol. The summed E-state index contributed by atoms with van der Waals surface area (Å²) in [6, 6.07) is 7.50. The van der Waals surface area contributed by atoms with Crippen LogP contribution in [0.4, 0.5) is 0 Å². The summed E-state index contributed by atoms with van der Waals surface area (Å²) in [5.74, 6) is 3.92. The van der Waals surface area contributed by atoms with Crippen LogP contribution in [0.5, 0.6) is 5.75 Å². The molecule has 1 aromatic rings. The Labute approximate surface area is 214 Å². The molecule has 0 N–H and O–H groups in total. The van der Waals surface area contributed by atoms with E-state index < -0.39 is 6.29 Å². The first-order valence-electron chi connectivity index (χ1n) is 14.3. The van der Waals surface area contributed by atoms with E-state index in [1.165, 1.54) is 12.8 Å². The third-order valence-corrected chi connectivity index (χ3v) is 8.35. The Kier molecular flexibility index (Phi) is 10.7. The van der Waals surface area contributed by atoms with Crippen molar-refractivity contribution in [3.63, 3.8) is 0 Å². The minimum atomic E-state index is -0.856. The maximum absolute atomic E-state index is 13.8. The molecule has 4 heteroatoms. The number of ketones is 1. The maximum atomic E-state index is 13.8. The van der Waals surface area contributed by atoms with Crippen molar-refractivity contribution < 1.29 is 19.0 Å². The molecule has 35 heavy (non-hydrogen) atoms. The van der Waals surface area contributed by atoms with Crippen LogP contribution in [0.3, 0.4) is 0 Å². The van der Waals surface area contributed by atoms with E-state index in [9.17, 15) is 4.79 Å². The second-order valence-electron chi connectivity index (χ2n) is 12.1. The Balaban J connectivity index is 1.84. The average Bonchev–Trinajstić information content (AvgIpc) is 2.82. The molecule has 0 heterocycles. The number of carbonyl (C=O) groups is 1. The second kappa shape index (κ2) is 13.2. The molecule has 3 rings (SSSR count). The van der Waals surface area contributed by atoms with Gasteiger partial charge in [0, 0.05) is 5.56 Å². The summed E-state index contributed by atoms with van der Waals surface area (Å²) in [6.45, 7) is 16.5. The lowest BCUT2D eigenvalue weighted by Gasteiger charge is -2.42.